The zero-order valence-electron chi connectivity index (χ0n) is 31.0. The first-order chi connectivity index (χ1) is 28.3. The van der Waals surface area contributed by atoms with Crippen LogP contribution < -0.4 is 0 Å². The monoisotopic (exact) mass is 725 g/mol. The summed E-state index contributed by atoms with van der Waals surface area (Å²) >= 11 is 0. The molecular formula is C54H35N3. The summed E-state index contributed by atoms with van der Waals surface area (Å²) in [4.78, 5) is 0. The van der Waals surface area contributed by atoms with Crippen LogP contribution in [-0.4, -0.2) is 13.7 Å². The molecule has 0 N–H and O–H groups in total. The maximum atomic E-state index is 2.47. The fourth-order valence-corrected chi connectivity index (χ4v) is 9.30. The highest BCUT2D eigenvalue weighted by Gasteiger charge is 2.20. The van der Waals surface area contributed by atoms with E-state index in [1.807, 2.05) is 0 Å². The third kappa shape index (κ3) is 4.79. The molecule has 3 heterocycles. The van der Waals surface area contributed by atoms with Gasteiger partial charge in [-0.25, -0.2) is 0 Å². The van der Waals surface area contributed by atoms with Crippen LogP contribution in [0.3, 0.4) is 0 Å². The lowest BCUT2D eigenvalue weighted by atomic mass is 10.0. The van der Waals surface area contributed by atoms with Gasteiger partial charge in [-0.1, -0.05) is 140 Å². The van der Waals surface area contributed by atoms with E-state index in [0.29, 0.717) is 0 Å². The van der Waals surface area contributed by atoms with Crippen molar-refractivity contribution in [2.24, 2.45) is 0 Å². The Bertz CT molecular complexity index is 3490. The van der Waals surface area contributed by atoms with Gasteiger partial charge in [-0.3, -0.25) is 0 Å². The minimum Gasteiger partial charge on any atom is -0.309 e. The van der Waals surface area contributed by atoms with E-state index in [0.717, 1.165) is 17.1 Å². The average Bonchev–Trinajstić information content (AvgIpc) is 3.92. The van der Waals surface area contributed by atoms with Crippen LogP contribution >= 0.6 is 0 Å². The number of hydrogen-bond acceptors (Lipinski definition) is 0. The molecule has 0 aliphatic rings. The second-order valence-corrected chi connectivity index (χ2v) is 14.9. The summed E-state index contributed by atoms with van der Waals surface area (Å²) in [5, 5.41) is 7.48. The van der Waals surface area contributed by atoms with Crippen LogP contribution in [-0.2, 0) is 0 Å². The second-order valence-electron chi connectivity index (χ2n) is 14.9. The molecule has 57 heavy (non-hydrogen) atoms. The van der Waals surface area contributed by atoms with E-state index in [9.17, 15) is 0 Å². The maximum Gasteiger partial charge on any atom is 0.0782 e. The van der Waals surface area contributed by atoms with Crippen LogP contribution in [0.1, 0.15) is 0 Å². The summed E-state index contributed by atoms with van der Waals surface area (Å²) in [5.41, 5.74) is 15.5. The molecule has 3 heteroatoms. The second kappa shape index (κ2) is 12.5. The summed E-state index contributed by atoms with van der Waals surface area (Å²) < 4.78 is 7.29. The van der Waals surface area contributed by atoms with Gasteiger partial charge in [0.25, 0.3) is 0 Å². The van der Waals surface area contributed by atoms with Gasteiger partial charge in [0, 0.05) is 43.7 Å². The Morgan fingerprint density at radius 2 is 0.649 bits per heavy atom. The third-order valence-corrected chi connectivity index (χ3v) is 11.8. The fraction of sp³-hybridized carbons (Fsp3) is 0. The SMILES string of the molecule is c1ccc(-c2ccc(-n3c4ccccc4c4cc(-c5ccc6c(c5)c5ccccc5n6-c5cccc6c7ccccc7n(-c7ccccc7)c56)ccc43)cc2)cc1. The molecule has 0 aliphatic heterocycles. The van der Waals surface area contributed by atoms with Crippen molar-refractivity contribution in [1.82, 2.24) is 13.7 Å². The Morgan fingerprint density at radius 3 is 1.28 bits per heavy atom. The average molecular weight is 726 g/mol. The van der Waals surface area contributed by atoms with Gasteiger partial charge < -0.3 is 13.7 Å². The van der Waals surface area contributed by atoms with E-state index in [1.165, 1.54) is 87.7 Å². The van der Waals surface area contributed by atoms with Crippen molar-refractivity contribution in [2.45, 2.75) is 0 Å². The predicted octanol–water partition coefficient (Wildman–Crippen LogP) is 14.3. The molecule has 12 aromatic rings. The zero-order chi connectivity index (χ0) is 37.5. The molecule has 0 unspecified atom stereocenters. The highest BCUT2D eigenvalue weighted by molar-refractivity contribution is 6.16. The topological polar surface area (TPSA) is 14.8 Å². The Hall–Kier alpha value is -7.62. The lowest BCUT2D eigenvalue weighted by Gasteiger charge is -2.14. The lowest BCUT2D eigenvalue weighted by molar-refractivity contribution is 1.13. The number of rotatable bonds is 5. The molecular weight excluding hydrogens is 691 g/mol. The highest BCUT2D eigenvalue weighted by atomic mass is 15.1. The molecule has 3 aromatic heterocycles. The predicted molar refractivity (Wildman–Crippen MR) is 240 cm³/mol. The van der Waals surface area contributed by atoms with Crippen LogP contribution in [0.5, 0.6) is 0 Å². The van der Waals surface area contributed by atoms with Crippen LogP contribution in [0.2, 0.25) is 0 Å². The van der Waals surface area contributed by atoms with Gasteiger partial charge in [-0.2, -0.15) is 0 Å². The van der Waals surface area contributed by atoms with Crippen molar-refractivity contribution in [3.05, 3.63) is 212 Å². The van der Waals surface area contributed by atoms with Gasteiger partial charge in [-0.15, -0.1) is 0 Å². The van der Waals surface area contributed by atoms with E-state index in [1.54, 1.807) is 0 Å². The molecule has 0 spiro atoms. The summed E-state index contributed by atoms with van der Waals surface area (Å²) in [5.74, 6) is 0. The van der Waals surface area contributed by atoms with Gasteiger partial charge in [-0.05, 0) is 95.1 Å². The number of hydrogen-bond donors (Lipinski definition) is 0. The van der Waals surface area contributed by atoms with E-state index in [4.69, 9.17) is 0 Å². The standard InChI is InChI=1S/C54H35N3/c1-3-14-36(15-4-1)37-26-30-41(31-27-37)55-48-22-10-8-19-43(48)46-34-38(28-32-51(46)55)39-29-33-52-47(35-39)44-20-9-12-24-50(44)57(52)53-25-13-21-45-42-18-7-11-23-49(42)56(54(45)53)40-16-5-2-6-17-40/h1-35H. The molecule has 0 bridgehead atoms. The van der Waals surface area contributed by atoms with Crippen LogP contribution in [0.15, 0.2) is 212 Å². The molecule has 0 atom stereocenters. The van der Waals surface area contributed by atoms with Crippen LogP contribution in [0.4, 0.5) is 0 Å². The van der Waals surface area contributed by atoms with Crippen LogP contribution in [0, 0.1) is 0 Å². The van der Waals surface area contributed by atoms with E-state index < -0.39 is 0 Å². The Kier molecular flexibility index (Phi) is 6.93. The van der Waals surface area contributed by atoms with Gasteiger partial charge >= 0.3 is 0 Å². The summed E-state index contributed by atoms with van der Waals surface area (Å²) in [7, 11) is 0. The first kappa shape index (κ1) is 31.7. The third-order valence-electron chi connectivity index (χ3n) is 11.8. The van der Waals surface area contributed by atoms with Gasteiger partial charge in [0.2, 0.25) is 0 Å². The fourth-order valence-electron chi connectivity index (χ4n) is 9.30. The molecule has 266 valence electrons. The van der Waals surface area contributed by atoms with E-state index in [-0.39, 0.29) is 0 Å². The number of para-hydroxylation sites is 5. The molecule has 0 fully saturated rings. The van der Waals surface area contributed by atoms with Gasteiger partial charge in [0.05, 0.1) is 38.8 Å². The number of nitrogens with zero attached hydrogens (tertiary/aromatic N) is 3. The molecule has 3 nitrogen and oxygen atoms in total. The Balaban J connectivity index is 1.04. The van der Waals surface area contributed by atoms with E-state index >= 15 is 0 Å². The smallest absolute Gasteiger partial charge is 0.0782 e. The number of aromatic nitrogens is 3. The summed E-state index contributed by atoms with van der Waals surface area (Å²) in [6, 6.07) is 77.4. The van der Waals surface area contributed by atoms with Gasteiger partial charge in [0.15, 0.2) is 0 Å². The molecule has 0 saturated carbocycles. The number of benzene rings is 9. The Morgan fingerprint density at radius 1 is 0.228 bits per heavy atom. The van der Waals surface area contributed by atoms with Crippen molar-refractivity contribution >= 4 is 65.4 Å². The zero-order valence-corrected chi connectivity index (χ0v) is 31.0. The lowest BCUT2D eigenvalue weighted by Crippen LogP contribution is -2.00. The van der Waals surface area contributed by atoms with Crippen molar-refractivity contribution < 1.29 is 0 Å². The van der Waals surface area contributed by atoms with Crippen molar-refractivity contribution in [3.8, 4) is 39.3 Å². The molecule has 0 radical (unpaired) electrons. The minimum atomic E-state index is 1.15. The first-order valence-electron chi connectivity index (χ1n) is 19.6. The number of fused-ring (bicyclic) bond motifs is 9. The normalized spacial score (nSPS) is 11.9. The summed E-state index contributed by atoms with van der Waals surface area (Å²) in [6.07, 6.45) is 0. The van der Waals surface area contributed by atoms with Gasteiger partial charge in [0.1, 0.15) is 0 Å². The van der Waals surface area contributed by atoms with E-state index in [2.05, 4.69) is 226 Å². The minimum absolute atomic E-state index is 1.15. The Labute approximate surface area is 329 Å². The van der Waals surface area contributed by atoms with Crippen LogP contribution in [0.25, 0.3) is 105 Å². The van der Waals surface area contributed by atoms with Crippen molar-refractivity contribution in [2.75, 3.05) is 0 Å². The molecule has 12 rings (SSSR count). The van der Waals surface area contributed by atoms with Crippen molar-refractivity contribution in [1.29, 1.82) is 0 Å². The molecule has 0 amide bonds. The quantitative estimate of drug-likeness (QED) is 0.168. The molecule has 0 aliphatic carbocycles. The largest absolute Gasteiger partial charge is 0.309 e. The van der Waals surface area contributed by atoms with Crippen molar-refractivity contribution in [3.63, 3.8) is 0 Å². The first-order valence-corrected chi connectivity index (χ1v) is 19.6. The summed E-state index contributed by atoms with van der Waals surface area (Å²) in [6.45, 7) is 0. The molecule has 0 saturated heterocycles. The highest BCUT2D eigenvalue weighted by Crippen LogP contribution is 2.41. The maximum absolute atomic E-state index is 2.47. The molecule has 9 aromatic carbocycles.